The van der Waals surface area contributed by atoms with Gasteiger partial charge in [-0.15, -0.1) is 0 Å². The zero-order valence-electron chi connectivity index (χ0n) is 11.8. The lowest BCUT2D eigenvalue weighted by molar-refractivity contribution is -0.123. The molecule has 1 aromatic rings. The number of ether oxygens (including phenoxy) is 1. The molecule has 4 N–H and O–H groups in total. The first kappa shape index (κ1) is 15.8. The minimum absolute atomic E-state index is 0.0602. The summed E-state index contributed by atoms with van der Waals surface area (Å²) in [4.78, 5) is 12.0. The van der Waals surface area contributed by atoms with Crippen molar-refractivity contribution in [3.05, 3.63) is 29.8 Å². The molecule has 0 spiro atoms. The van der Waals surface area contributed by atoms with Gasteiger partial charge in [-0.3, -0.25) is 4.79 Å². The molecule has 0 aliphatic rings. The van der Waals surface area contributed by atoms with Crippen LogP contribution in [0.25, 0.3) is 0 Å². The molecule has 1 unspecified atom stereocenters. The summed E-state index contributed by atoms with van der Waals surface area (Å²) < 4.78 is 5.12. The molecule has 6 nitrogen and oxygen atoms in total. The highest BCUT2D eigenvalue weighted by molar-refractivity contribution is 6.01. The number of hydrogen-bond acceptors (Lipinski definition) is 4. The van der Waals surface area contributed by atoms with Crippen molar-refractivity contribution in [1.29, 1.82) is 0 Å². The summed E-state index contributed by atoms with van der Waals surface area (Å²) in [5.74, 6) is -0.172. The Morgan fingerprint density at radius 3 is 2.90 bits per heavy atom. The highest BCUT2D eigenvalue weighted by atomic mass is 16.5. The van der Waals surface area contributed by atoms with Crippen molar-refractivity contribution in [3.8, 4) is 5.75 Å². The van der Waals surface area contributed by atoms with Gasteiger partial charge in [0.1, 0.15) is 5.75 Å². The van der Waals surface area contributed by atoms with Crippen molar-refractivity contribution in [3.63, 3.8) is 0 Å². The summed E-state index contributed by atoms with van der Waals surface area (Å²) in [7, 11) is 1.59. The molecule has 0 saturated carbocycles. The summed E-state index contributed by atoms with van der Waals surface area (Å²) in [5.41, 5.74) is 6.46. The average Bonchev–Trinajstić information content (AvgIpc) is 2.49. The third-order valence-corrected chi connectivity index (χ3v) is 2.97. The smallest absolute Gasteiger partial charge is 0.231 e. The van der Waals surface area contributed by atoms with Crippen LogP contribution in [0, 0.1) is 5.92 Å². The highest BCUT2D eigenvalue weighted by Crippen LogP contribution is 2.13. The van der Waals surface area contributed by atoms with E-state index >= 15 is 0 Å². The minimum atomic E-state index is -0.601. The van der Waals surface area contributed by atoms with Crippen molar-refractivity contribution in [2.24, 2.45) is 16.8 Å². The van der Waals surface area contributed by atoms with Crippen LogP contribution in [-0.2, 0) is 11.3 Å². The lowest BCUT2D eigenvalue weighted by Crippen LogP contribution is -2.38. The van der Waals surface area contributed by atoms with Gasteiger partial charge in [0.2, 0.25) is 5.91 Å². The molecule has 1 aromatic carbocycles. The van der Waals surface area contributed by atoms with Crippen LogP contribution in [0.5, 0.6) is 5.75 Å². The molecule has 0 saturated heterocycles. The molecule has 1 rings (SSSR count). The fourth-order valence-corrected chi connectivity index (χ4v) is 1.87. The Kier molecular flexibility index (Phi) is 6.36. The van der Waals surface area contributed by atoms with Crippen LogP contribution in [0.2, 0.25) is 0 Å². The third kappa shape index (κ3) is 4.46. The van der Waals surface area contributed by atoms with Crippen LogP contribution in [0.1, 0.15) is 25.3 Å². The van der Waals surface area contributed by atoms with Gasteiger partial charge >= 0.3 is 0 Å². The number of amides is 1. The first-order valence-electron chi connectivity index (χ1n) is 6.50. The molecular weight excluding hydrogens is 258 g/mol. The lowest BCUT2D eigenvalue weighted by atomic mass is 10.0. The van der Waals surface area contributed by atoms with Crippen LogP contribution in [0.4, 0.5) is 0 Å². The summed E-state index contributed by atoms with van der Waals surface area (Å²) in [6, 6.07) is 7.43. The largest absolute Gasteiger partial charge is 0.497 e. The number of oxime groups is 1. The normalized spacial score (nSPS) is 12.8. The van der Waals surface area contributed by atoms with Crippen molar-refractivity contribution < 1.29 is 14.7 Å². The standard InChI is InChI=1S/C14H21N3O3/c1-3-5-12(13(15)17-19)14(18)16-9-10-6-4-7-11(8-10)20-2/h4,6-8,12,19H,3,5,9H2,1-2H3,(H2,15,17)(H,16,18). The summed E-state index contributed by atoms with van der Waals surface area (Å²) in [6.45, 7) is 2.31. The van der Waals surface area contributed by atoms with Gasteiger partial charge in [-0.1, -0.05) is 30.6 Å². The first-order chi connectivity index (χ1) is 9.62. The van der Waals surface area contributed by atoms with E-state index in [9.17, 15) is 4.79 Å². The summed E-state index contributed by atoms with van der Waals surface area (Å²) in [6.07, 6.45) is 1.31. The fraction of sp³-hybridized carbons (Fsp3) is 0.429. The molecule has 0 fully saturated rings. The van der Waals surface area contributed by atoms with Crippen LogP contribution >= 0.6 is 0 Å². The summed E-state index contributed by atoms with van der Waals surface area (Å²) >= 11 is 0. The van der Waals surface area contributed by atoms with E-state index in [2.05, 4.69) is 10.5 Å². The Balaban J connectivity index is 2.64. The molecule has 110 valence electrons. The molecule has 1 atom stereocenters. The zero-order valence-corrected chi connectivity index (χ0v) is 11.8. The van der Waals surface area contributed by atoms with Gasteiger partial charge in [-0.25, -0.2) is 0 Å². The van der Waals surface area contributed by atoms with Gasteiger partial charge in [0, 0.05) is 6.54 Å². The number of amidine groups is 1. The Bertz CT molecular complexity index is 474. The molecule has 0 aliphatic heterocycles. The molecular formula is C14H21N3O3. The highest BCUT2D eigenvalue weighted by Gasteiger charge is 2.21. The number of nitrogens with zero attached hydrogens (tertiary/aromatic N) is 1. The van der Waals surface area contributed by atoms with Crippen molar-refractivity contribution in [2.75, 3.05) is 7.11 Å². The van der Waals surface area contributed by atoms with E-state index in [4.69, 9.17) is 15.7 Å². The van der Waals surface area contributed by atoms with Crippen LogP contribution in [0.3, 0.4) is 0 Å². The van der Waals surface area contributed by atoms with Crippen LogP contribution in [-0.4, -0.2) is 24.1 Å². The molecule has 0 aromatic heterocycles. The van der Waals surface area contributed by atoms with Gasteiger partial charge in [-0.2, -0.15) is 0 Å². The van der Waals surface area contributed by atoms with E-state index < -0.39 is 5.92 Å². The number of hydrogen-bond donors (Lipinski definition) is 3. The number of rotatable bonds is 7. The zero-order chi connectivity index (χ0) is 15.0. The molecule has 0 radical (unpaired) electrons. The topological polar surface area (TPSA) is 96.9 Å². The quantitative estimate of drug-likeness (QED) is 0.305. The Hall–Kier alpha value is -2.24. The van der Waals surface area contributed by atoms with Gasteiger partial charge < -0.3 is 21.0 Å². The van der Waals surface area contributed by atoms with E-state index in [1.54, 1.807) is 7.11 Å². The van der Waals surface area contributed by atoms with Crippen molar-refractivity contribution in [2.45, 2.75) is 26.3 Å². The number of nitrogens with one attached hydrogen (secondary N) is 1. The molecule has 0 bridgehead atoms. The third-order valence-electron chi connectivity index (χ3n) is 2.97. The number of methoxy groups -OCH3 is 1. The minimum Gasteiger partial charge on any atom is -0.497 e. The second-order valence-corrected chi connectivity index (χ2v) is 4.44. The number of carbonyl (C=O) groups is 1. The maximum Gasteiger partial charge on any atom is 0.231 e. The molecule has 0 heterocycles. The number of benzene rings is 1. The Labute approximate surface area is 118 Å². The number of nitrogens with two attached hydrogens (primary N) is 1. The Morgan fingerprint density at radius 2 is 2.30 bits per heavy atom. The Morgan fingerprint density at radius 1 is 1.55 bits per heavy atom. The predicted molar refractivity (Wildman–Crippen MR) is 76.6 cm³/mol. The monoisotopic (exact) mass is 279 g/mol. The van der Waals surface area contributed by atoms with Gasteiger partial charge in [0.15, 0.2) is 5.84 Å². The molecule has 0 aliphatic carbocycles. The molecule has 20 heavy (non-hydrogen) atoms. The van der Waals surface area contributed by atoms with Gasteiger partial charge in [0.05, 0.1) is 13.0 Å². The summed E-state index contributed by atoms with van der Waals surface area (Å²) in [5, 5.41) is 14.4. The molecule has 6 heteroatoms. The van der Waals surface area contributed by atoms with Crippen molar-refractivity contribution in [1.82, 2.24) is 5.32 Å². The van der Waals surface area contributed by atoms with E-state index in [-0.39, 0.29) is 11.7 Å². The van der Waals surface area contributed by atoms with Gasteiger partial charge in [-0.05, 0) is 24.1 Å². The SMILES string of the molecule is CCCC(C(=O)NCc1cccc(OC)c1)C(N)=NO. The fourth-order valence-electron chi connectivity index (χ4n) is 1.87. The molecule has 1 amide bonds. The van der Waals surface area contributed by atoms with Crippen LogP contribution < -0.4 is 15.8 Å². The predicted octanol–water partition coefficient (Wildman–Crippen LogP) is 1.47. The second-order valence-electron chi connectivity index (χ2n) is 4.44. The maximum atomic E-state index is 12.0. The van der Waals surface area contributed by atoms with E-state index in [0.717, 1.165) is 17.7 Å². The van der Waals surface area contributed by atoms with Crippen molar-refractivity contribution >= 4 is 11.7 Å². The first-order valence-corrected chi connectivity index (χ1v) is 6.50. The van der Waals surface area contributed by atoms with E-state index in [1.165, 1.54) is 0 Å². The number of carbonyl (C=O) groups excluding carboxylic acids is 1. The van der Waals surface area contributed by atoms with E-state index in [1.807, 2.05) is 31.2 Å². The second kappa shape index (κ2) is 8.04. The van der Waals surface area contributed by atoms with Crippen LogP contribution in [0.15, 0.2) is 29.4 Å². The average molecular weight is 279 g/mol. The maximum absolute atomic E-state index is 12.0. The van der Waals surface area contributed by atoms with E-state index in [0.29, 0.717) is 13.0 Å². The lowest BCUT2D eigenvalue weighted by Gasteiger charge is -2.14. The van der Waals surface area contributed by atoms with Gasteiger partial charge in [0.25, 0.3) is 0 Å².